The van der Waals surface area contributed by atoms with Crippen molar-refractivity contribution in [1.82, 2.24) is 0 Å². The number of hydrogen-bond acceptors (Lipinski definition) is 8. The number of benzene rings is 2. The third kappa shape index (κ3) is 3.92. The van der Waals surface area contributed by atoms with Gasteiger partial charge in [-0.1, -0.05) is 27.7 Å². The Bertz CT molecular complexity index is 1220. The van der Waals surface area contributed by atoms with Crippen LogP contribution in [-0.4, -0.2) is 27.2 Å². The van der Waals surface area contributed by atoms with Crippen molar-refractivity contribution in [3.63, 3.8) is 0 Å². The standard InChI is InChI=1S/C25H26N2O8/c1-13(28)15-7-17-21(9-19(15)26(30)31)34-25(11-23(17,3)4)12-24(5,6)18-8-16(14(2)29)20(27(32)33)10-22(18)35-25/h7-10H,11-12H2,1-6H3. The Morgan fingerprint density at radius 1 is 0.743 bits per heavy atom. The van der Waals surface area contributed by atoms with Crippen LogP contribution < -0.4 is 9.47 Å². The van der Waals surface area contributed by atoms with Crippen molar-refractivity contribution < 1.29 is 28.9 Å². The zero-order valence-electron chi connectivity index (χ0n) is 20.4. The van der Waals surface area contributed by atoms with Crippen LogP contribution in [0.4, 0.5) is 11.4 Å². The van der Waals surface area contributed by atoms with E-state index in [2.05, 4.69) is 0 Å². The van der Waals surface area contributed by atoms with E-state index in [1.165, 1.54) is 38.1 Å². The van der Waals surface area contributed by atoms with E-state index < -0.39 is 38.0 Å². The summed E-state index contributed by atoms with van der Waals surface area (Å²) in [5.41, 5.74) is -0.638. The van der Waals surface area contributed by atoms with E-state index in [0.29, 0.717) is 24.0 Å². The molecule has 0 radical (unpaired) electrons. The number of ketones is 2. The first-order chi connectivity index (χ1) is 16.1. The first kappa shape index (κ1) is 24.3. The molecule has 0 N–H and O–H groups in total. The van der Waals surface area contributed by atoms with Gasteiger partial charge in [-0.15, -0.1) is 0 Å². The Labute approximate surface area is 201 Å². The van der Waals surface area contributed by atoms with Crippen molar-refractivity contribution in [1.29, 1.82) is 0 Å². The average molecular weight is 482 g/mol. The normalized spacial score (nSPS) is 18.5. The zero-order valence-corrected chi connectivity index (χ0v) is 20.4. The van der Waals surface area contributed by atoms with Gasteiger partial charge in [0.25, 0.3) is 17.2 Å². The SMILES string of the molecule is CC(=O)c1cc2c(cc1[N+](=O)[O-])OC1(CC2(C)C)CC(C)(C)c2cc(C(C)=O)c([N+](=O)[O-])cc2O1. The number of nitro benzene ring substituents is 2. The molecule has 0 atom stereocenters. The van der Waals surface area contributed by atoms with Gasteiger partial charge >= 0.3 is 0 Å². The second kappa shape index (κ2) is 7.59. The number of carbonyl (C=O) groups is 2. The molecule has 2 aromatic rings. The van der Waals surface area contributed by atoms with Gasteiger partial charge < -0.3 is 9.47 Å². The molecular formula is C25H26N2O8. The van der Waals surface area contributed by atoms with E-state index in [-0.39, 0.29) is 34.0 Å². The number of Topliss-reactive ketones (excluding diaryl/α,β-unsaturated/α-hetero) is 2. The molecule has 0 saturated heterocycles. The molecule has 10 nitrogen and oxygen atoms in total. The average Bonchev–Trinajstić information content (AvgIpc) is 2.70. The minimum absolute atomic E-state index is 0.00370. The lowest BCUT2D eigenvalue weighted by molar-refractivity contribution is -0.385. The van der Waals surface area contributed by atoms with Crippen LogP contribution in [0, 0.1) is 20.2 Å². The van der Waals surface area contributed by atoms with E-state index >= 15 is 0 Å². The van der Waals surface area contributed by atoms with Crippen molar-refractivity contribution in [2.45, 2.75) is 71.0 Å². The molecule has 2 heterocycles. The van der Waals surface area contributed by atoms with Crippen LogP contribution in [-0.2, 0) is 10.8 Å². The molecule has 184 valence electrons. The molecule has 35 heavy (non-hydrogen) atoms. The number of nitrogens with zero attached hydrogens (tertiary/aromatic N) is 2. The smallest absolute Gasteiger partial charge is 0.283 e. The van der Waals surface area contributed by atoms with E-state index in [1.54, 1.807) is 0 Å². The molecule has 10 heteroatoms. The van der Waals surface area contributed by atoms with Crippen molar-refractivity contribution in [3.8, 4) is 11.5 Å². The quantitative estimate of drug-likeness (QED) is 0.319. The van der Waals surface area contributed by atoms with Crippen LogP contribution in [0.15, 0.2) is 24.3 Å². The maximum absolute atomic E-state index is 12.1. The minimum Gasteiger partial charge on any atom is -0.452 e. The molecule has 4 rings (SSSR count). The van der Waals surface area contributed by atoms with Gasteiger partial charge in [0.1, 0.15) is 11.5 Å². The van der Waals surface area contributed by atoms with E-state index in [9.17, 15) is 29.8 Å². The number of rotatable bonds is 4. The molecule has 2 aliphatic heterocycles. The number of carbonyl (C=O) groups excluding carboxylic acids is 2. The molecule has 0 aliphatic carbocycles. The van der Waals surface area contributed by atoms with Gasteiger partial charge in [0.15, 0.2) is 11.6 Å². The summed E-state index contributed by atoms with van der Waals surface area (Å²) in [6, 6.07) is 5.52. The third-order valence-electron chi connectivity index (χ3n) is 6.82. The largest absolute Gasteiger partial charge is 0.452 e. The summed E-state index contributed by atoms with van der Waals surface area (Å²) in [6.45, 7) is 10.3. The predicted molar refractivity (Wildman–Crippen MR) is 125 cm³/mol. The molecule has 0 amide bonds. The minimum atomic E-state index is -1.27. The number of nitro groups is 2. The van der Waals surface area contributed by atoms with Crippen LogP contribution >= 0.6 is 0 Å². The maximum atomic E-state index is 12.1. The summed E-state index contributed by atoms with van der Waals surface area (Å²) in [7, 11) is 0. The number of fused-ring (bicyclic) bond motifs is 2. The first-order valence-corrected chi connectivity index (χ1v) is 11.1. The second-order valence-electron chi connectivity index (χ2n) is 10.6. The highest BCUT2D eigenvalue weighted by molar-refractivity contribution is 5.99. The zero-order chi connectivity index (χ0) is 26.1. The van der Waals surface area contributed by atoms with Crippen LogP contribution in [0.3, 0.4) is 0 Å². The van der Waals surface area contributed by atoms with E-state index in [1.807, 2.05) is 27.7 Å². The Kier molecular flexibility index (Phi) is 5.27. The topological polar surface area (TPSA) is 139 Å². The van der Waals surface area contributed by atoms with Gasteiger partial charge in [0.2, 0.25) is 0 Å². The molecular weight excluding hydrogens is 456 g/mol. The van der Waals surface area contributed by atoms with E-state index in [0.717, 1.165) is 0 Å². The lowest BCUT2D eigenvalue weighted by Gasteiger charge is -2.51. The van der Waals surface area contributed by atoms with Crippen LogP contribution in [0.1, 0.15) is 86.2 Å². The Morgan fingerprint density at radius 3 is 1.37 bits per heavy atom. The van der Waals surface area contributed by atoms with Gasteiger partial charge in [-0.3, -0.25) is 29.8 Å². The highest BCUT2D eigenvalue weighted by Gasteiger charge is 2.54. The fourth-order valence-electron chi connectivity index (χ4n) is 5.40. The fraction of sp³-hybridized carbons (Fsp3) is 0.440. The summed E-state index contributed by atoms with van der Waals surface area (Å²) < 4.78 is 12.6. The fourth-order valence-corrected chi connectivity index (χ4v) is 5.40. The van der Waals surface area contributed by atoms with Gasteiger partial charge in [-0.05, 0) is 26.0 Å². The third-order valence-corrected chi connectivity index (χ3v) is 6.82. The molecule has 0 bridgehead atoms. The molecule has 0 aromatic heterocycles. The molecule has 2 aliphatic rings. The lowest BCUT2D eigenvalue weighted by atomic mass is 9.68. The molecule has 0 unspecified atom stereocenters. The summed E-state index contributed by atoms with van der Waals surface area (Å²) in [5, 5.41) is 23.3. The number of hydrogen-bond donors (Lipinski definition) is 0. The first-order valence-electron chi connectivity index (χ1n) is 11.1. The van der Waals surface area contributed by atoms with Gasteiger partial charge in [-0.25, -0.2) is 0 Å². The van der Waals surface area contributed by atoms with Gasteiger partial charge in [0, 0.05) is 34.8 Å². The van der Waals surface area contributed by atoms with Gasteiger partial charge in [0.05, 0.1) is 33.1 Å². The molecule has 1 spiro atoms. The molecule has 0 fully saturated rings. The summed E-state index contributed by atoms with van der Waals surface area (Å²) in [5.74, 6) is -1.66. The number of ether oxygens (including phenoxy) is 2. The highest BCUT2D eigenvalue weighted by Crippen LogP contribution is 2.55. The maximum Gasteiger partial charge on any atom is 0.283 e. The van der Waals surface area contributed by atoms with Crippen molar-refractivity contribution in [2.24, 2.45) is 0 Å². The Hall–Kier alpha value is -3.82. The van der Waals surface area contributed by atoms with E-state index in [4.69, 9.17) is 9.47 Å². The summed E-state index contributed by atoms with van der Waals surface area (Å²) >= 11 is 0. The lowest BCUT2D eigenvalue weighted by Crippen LogP contribution is -2.55. The summed E-state index contributed by atoms with van der Waals surface area (Å²) in [6.07, 6.45) is 0.653. The van der Waals surface area contributed by atoms with Crippen molar-refractivity contribution >= 4 is 22.9 Å². The predicted octanol–water partition coefficient (Wildman–Crippen LogP) is 5.42. The van der Waals surface area contributed by atoms with Crippen LogP contribution in [0.2, 0.25) is 0 Å². The second-order valence-corrected chi connectivity index (χ2v) is 10.6. The monoisotopic (exact) mass is 482 g/mol. The van der Waals surface area contributed by atoms with Crippen molar-refractivity contribution in [3.05, 3.63) is 66.7 Å². The van der Waals surface area contributed by atoms with Crippen LogP contribution in [0.25, 0.3) is 0 Å². The van der Waals surface area contributed by atoms with Crippen molar-refractivity contribution in [2.75, 3.05) is 0 Å². The highest BCUT2D eigenvalue weighted by atomic mass is 16.7. The molecule has 2 aromatic carbocycles. The van der Waals surface area contributed by atoms with Crippen LogP contribution in [0.5, 0.6) is 11.5 Å². The molecule has 0 saturated carbocycles. The summed E-state index contributed by atoms with van der Waals surface area (Å²) in [4.78, 5) is 46.3. The Morgan fingerprint density at radius 2 is 1.09 bits per heavy atom. The Balaban J connectivity index is 1.89. The van der Waals surface area contributed by atoms with Gasteiger partial charge in [-0.2, -0.15) is 0 Å².